The first-order valence-corrected chi connectivity index (χ1v) is 6.99. The van der Waals surface area contributed by atoms with Crippen molar-refractivity contribution in [3.8, 4) is 5.75 Å². The minimum atomic E-state index is -2.77. The smallest absolute Gasteiger partial charge is 0.387 e. The Morgan fingerprint density at radius 2 is 1.90 bits per heavy atom. The minimum Gasteiger partial charge on any atom is -0.435 e. The predicted molar refractivity (Wildman–Crippen MR) is 73.0 cm³/mol. The number of methoxy groups -OCH3 is 1. The van der Waals surface area contributed by atoms with Crippen molar-refractivity contribution in [1.82, 2.24) is 5.32 Å². The summed E-state index contributed by atoms with van der Waals surface area (Å²) < 4.78 is 33.9. The molecule has 0 radical (unpaired) electrons. The zero-order chi connectivity index (χ0) is 14.4. The first-order valence-electron chi connectivity index (χ1n) is 6.99. The molecule has 3 nitrogen and oxygen atoms in total. The van der Waals surface area contributed by atoms with Crippen molar-refractivity contribution in [2.24, 2.45) is 0 Å². The summed E-state index contributed by atoms with van der Waals surface area (Å²) in [5.41, 5.74) is 1.05. The van der Waals surface area contributed by atoms with E-state index < -0.39 is 6.61 Å². The summed E-state index contributed by atoms with van der Waals surface area (Å²) in [7, 11) is 1.75. The molecule has 2 atom stereocenters. The second-order valence-corrected chi connectivity index (χ2v) is 5.07. The van der Waals surface area contributed by atoms with E-state index in [1.807, 2.05) is 0 Å². The first-order chi connectivity index (χ1) is 9.69. The molecule has 0 bridgehead atoms. The molecule has 1 aromatic rings. The van der Waals surface area contributed by atoms with Gasteiger partial charge in [-0.25, -0.2) is 0 Å². The molecule has 0 aromatic heterocycles. The van der Waals surface area contributed by atoms with Gasteiger partial charge in [-0.3, -0.25) is 0 Å². The summed E-state index contributed by atoms with van der Waals surface area (Å²) in [6, 6.07) is 7.10. The molecule has 0 heterocycles. The molecule has 0 saturated heterocycles. The Morgan fingerprint density at radius 3 is 2.55 bits per heavy atom. The summed E-state index contributed by atoms with van der Waals surface area (Å²) in [6.07, 6.45) is 4.92. The lowest BCUT2D eigenvalue weighted by atomic mass is 9.92. The van der Waals surface area contributed by atoms with E-state index in [0.29, 0.717) is 12.6 Å². The maximum atomic E-state index is 12.0. The maximum Gasteiger partial charge on any atom is 0.387 e. The van der Waals surface area contributed by atoms with Crippen LogP contribution in [0.2, 0.25) is 0 Å². The third kappa shape index (κ3) is 4.42. The van der Waals surface area contributed by atoms with Gasteiger partial charge in [0.15, 0.2) is 0 Å². The Balaban J connectivity index is 1.83. The van der Waals surface area contributed by atoms with Crippen LogP contribution < -0.4 is 10.1 Å². The van der Waals surface area contributed by atoms with Gasteiger partial charge in [0.05, 0.1) is 6.10 Å². The quantitative estimate of drug-likeness (QED) is 0.869. The lowest BCUT2D eigenvalue weighted by Gasteiger charge is -2.31. The Kier molecular flexibility index (Phi) is 5.73. The molecular weight excluding hydrogens is 264 g/mol. The van der Waals surface area contributed by atoms with Gasteiger partial charge in [0.25, 0.3) is 0 Å². The van der Waals surface area contributed by atoms with Crippen LogP contribution in [-0.4, -0.2) is 25.9 Å². The fraction of sp³-hybridized carbons (Fsp3) is 0.600. The van der Waals surface area contributed by atoms with Crippen molar-refractivity contribution in [1.29, 1.82) is 0 Å². The summed E-state index contributed by atoms with van der Waals surface area (Å²) >= 11 is 0. The number of rotatable bonds is 6. The average molecular weight is 285 g/mol. The molecule has 1 saturated carbocycles. The molecule has 5 heteroatoms. The van der Waals surface area contributed by atoms with Gasteiger partial charge in [0.2, 0.25) is 0 Å². The van der Waals surface area contributed by atoms with Crippen LogP contribution in [0, 0.1) is 0 Å². The van der Waals surface area contributed by atoms with E-state index in [1.54, 1.807) is 31.4 Å². The molecule has 1 aromatic carbocycles. The van der Waals surface area contributed by atoms with Gasteiger partial charge in [0.1, 0.15) is 5.75 Å². The highest BCUT2D eigenvalue weighted by Gasteiger charge is 2.24. The third-order valence-electron chi connectivity index (χ3n) is 3.72. The molecule has 112 valence electrons. The number of ether oxygens (including phenoxy) is 2. The Labute approximate surface area is 118 Å². The predicted octanol–water partition coefficient (Wildman–Crippen LogP) is 3.34. The van der Waals surface area contributed by atoms with E-state index >= 15 is 0 Å². The fourth-order valence-corrected chi connectivity index (χ4v) is 2.65. The van der Waals surface area contributed by atoms with Crippen LogP contribution in [0.1, 0.15) is 31.2 Å². The van der Waals surface area contributed by atoms with Gasteiger partial charge in [0, 0.05) is 19.7 Å². The molecule has 1 aliphatic carbocycles. The number of nitrogens with one attached hydrogen (secondary N) is 1. The second kappa shape index (κ2) is 7.55. The molecule has 1 fully saturated rings. The van der Waals surface area contributed by atoms with Crippen LogP contribution in [0.4, 0.5) is 8.78 Å². The molecular formula is C15H21F2NO2. The van der Waals surface area contributed by atoms with Gasteiger partial charge in [-0.1, -0.05) is 25.0 Å². The maximum absolute atomic E-state index is 12.0. The monoisotopic (exact) mass is 285 g/mol. The topological polar surface area (TPSA) is 30.5 Å². The number of hydrogen-bond donors (Lipinski definition) is 1. The normalized spacial score (nSPS) is 23.0. The molecule has 20 heavy (non-hydrogen) atoms. The van der Waals surface area contributed by atoms with Gasteiger partial charge >= 0.3 is 6.61 Å². The van der Waals surface area contributed by atoms with E-state index in [9.17, 15) is 8.78 Å². The van der Waals surface area contributed by atoms with Crippen molar-refractivity contribution in [2.75, 3.05) is 7.11 Å². The van der Waals surface area contributed by atoms with E-state index in [2.05, 4.69) is 10.1 Å². The first kappa shape index (κ1) is 15.2. The number of hydrogen-bond acceptors (Lipinski definition) is 3. The molecule has 0 aliphatic heterocycles. The molecule has 0 amide bonds. The zero-order valence-electron chi connectivity index (χ0n) is 11.6. The largest absolute Gasteiger partial charge is 0.435 e. The van der Waals surface area contributed by atoms with Crippen LogP contribution in [0.3, 0.4) is 0 Å². The van der Waals surface area contributed by atoms with E-state index in [-0.39, 0.29) is 11.9 Å². The van der Waals surface area contributed by atoms with E-state index in [4.69, 9.17) is 4.74 Å². The second-order valence-electron chi connectivity index (χ2n) is 5.07. The SMILES string of the molecule is COC1CCCCC1NCc1ccc(OC(F)F)cc1. The average Bonchev–Trinajstić information content (AvgIpc) is 2.46. The van der Waals surface area contributed by atoms with Crippen LogP contribution >= 0.6 is 0 Å². The van der Waals surface area contributed by atoms with Crippen molar-refractivity contribution in [3.63, 3.8) is 0 Å². The van der Waals surface area contributed by atoms with Gasteiger partial charge in [-0.2, -0.15) is 8.78 Å². The van der Waals surface area contributed by atoms with Crippen LogP contribution in [0.5, 0.6) is 5.75 Å². The Bertz CT molecular complexity index is 397. The highest BCUT2D eigenvalue weighted by atomic mass is 19.3. The van der Waals surface area contributed by atoms with E-state index in [0.717, 1.165) is 18.4 Å². The lowest BCUT2D eigenvalue weighted by molar-refractivity contribution is -0.0498. The Morgan fingerprint density at radius 1 is 1.20 bits per heavy atom. The van der Waals surface area contributed by atoms with Gasteiger partial charge < -0.3 is 14.8 Å². The van der Waals surface area contributed by atoms with Crippen LogP contribution in [0.15, 0.2) is 24.3 Å². The molecule has 2 rings (SSSR count). The molecule has 1 aliphatic rings. The molecule has 0 spiro atoms. The molecule has 1 N–H and O–H groups in total. The van der Waals surface area contributed by atoms with Crippen LogP contribution in [0.25, 0.3) is 0 Å². The number of alkyl halides is 2. The summed E-state index contributed by atoms with van der Waals surface area (Å²) in [5.74, 6) is 0.191. The van der Waals surface area contributed by atoms with Crippen molar-refractivity contribution < 1.29 is 18.3 Å². The number of benzene rings is 1. The minimum absolute atomic E-state index is 0.191. The third-order valence-corrected chi connectivity index (χ3v) is 3.72. The fourth-order valence-electron chi connectivity index (χ4n) is 2.65. The van der Waals surface area contributed by atoms with Crippen molar-refractivity contribution in [2.45, 2.75) is 51.0 Å². The number of halogens is 2. The standard InChI is InChI=1S/C15H21F2NO2/c1-19-14-5-3-2-4-13(14)18-10-11-6-8-12(9-7-11)20-15(16)17/h6-9,13-15,18H,2-5,10H2,1H3. The van der Waals surface area contributed by atoms with Crippen molar-refractivity contribution >= 4 is 0 Å². The molecule has 2 unspecified atom stereocenters. The zero-order valence-corrected chi connectivity index (χ0v) is 11.6. The van der Waals surface area contributed by atoms with E-state index in [1.165, 1.54) is 12.8 Å². The summed E-state index contributed by atoms with van der Waals surface area (Å²) in [4.78, 5) is 0. The highest BCUT2D eigenvalue weighted by molar-refractivity contribution is 5.27. The Hall–Kier alpha value is -1.20. The summed E-state index contributed by atoms with van der Waals surface area (Å²) in [5, 5.41) is 3.49. The van der Waals surface area contributed by atoms with Crippen molar-refractivity contribution in [3.05, 3.63) is 29.8 Å². The highest BCUT2D eigenvalue weighted by Crippen LogP contribution is 2.21. The van der Waals surface area contributed by atoms with Gasteiger partial charge in [-0.05, 0) is 30.5 Å². The summed E-state index contributed by atoms with van der Waals surface area (Å²) in [6.45, 7) is -2.07. The lowest BCUT2D eigenvalue weighted by Crippen LogP contribution is -2.42. The van der Waals surface area contributed by atoms with Crippen LogP contribution in [-0.2, 0) is 11.3 Å². The van der Waals surface area contributed by atoms with Gasteiger partial charge in [-0.15, -0.1) is 0 Å².